The Balaban J connectivity index is 1.53. The number of nitrogens with zero attached hydrogens (tertiary/aromatic N) is 4. The molecule has 23 heavy (non-hydrogen) atoms. The lowest BCUT2D eigenvalue weighted by molar-refractivity contribution is -0.132. The minimum absolute atomic E-state index is 0.212. The minimum Gasteiger partial charge on any atom is -0.339 e. The van der Waals surface area contributed by atoms with E-state index in [9.17, 15) is 4.79 Å². The van der Waals surface area contributed by atoms with Crippen LogP contribution in [0.4, 0.5) is 0 Å². The Hall–Kier alpha value is -2.18. The van der Waals surface area contributed by atoms with E-state index in [4.69, 9.17) is 0 Å². The molecule has 0 saturated carbocycles. The molecule has 1 aliphatic heterocycles. The number of piperazine rings is 1. The van der Waals surface area contributed by atoms with Crippen LogP contribution in [-0.2, 0) is 11.3 Å². The second kappa shape index (κ2) is 7.39. The van der Waals surface area contributed by atoms with Crippen LogP contribution in [0.5, 0.6) is 0 Å². The van der Waals surface area contributed by atoms with Crippen LogP contribution in [0.25, 0.3) is 5.69 Å². The molecule has 1 amide bonds. The van der Waals surface area contributed by atoms with Gasteiger partial charge in [-0.2, -0.15) is 0 Å². The number of amides is 1. The molecule has 3 rings (SSSR count). The van der Waals surface area contributed by atoms with E-state index in [2.05, 4.69) is 39.5 Å². The van der Waals surface area contributed by atoms with Gasteiger partial charge in [-0.1, -0.05) is 12.1 Å². The number of hydrogen-bond acceptors (Lipinski definition) is 4. The van der Waals surface area contributed by atoms with Gasteiger partial charge in [-0.05, 0) is 24.7 Å². The van der Waals surface area contributed by atoms with Crippen molar-refractivity contribution in [3.63, 3.8) is 0 Å². The summed E-state index contributed by atoms with van der Waals surface area (Å²) in [6.45, 7) is 4.64. The molecule has 1 fully saturated rings. The number of carbonyl (C=O) groups excluding carboxylic acids is 1. The van der Waals surface area contributed by atoms with E-state index in [1.54, 1.807) is 12.5 Å². The molecule has 0 unspecified atom stereocenters. The molecule has 1 N–H and O–H groups in total. The van der Waals surface area contributed by atoms with Crippen LogP contribution in [-0.4, -0.2) is 65.0 Å². The number of hydrogen-bond donors (Lipinski definition) is 1. The van der Waals surface area contributed by atoms with E-state index < -0.39 is 0 Å². The highest BCUT2D eigenvalue weighted by molar-refractivity contribution is 5.78. The SMILES string of the molecule is CN(CC(=O)N1CCNCC1)Cc1ccc(-n2ccnc2)cc1. The number of benzene rings is 1. The highest BCUT2D eigenvalue weighted by Crippen LogP contribution is 2.11. The minimum atomic E-state index is 0.212. The largest absolute Gasteiger partial charge is 0.339 e. The van der Waals surface area contributed by atoms with Crippen LogP contribution in [0.1, 0.15) is 5.56 Å². The third-order valence-electron chi connectivity index (χ3n) is 4.07. The molecule has 0 atom stereocenters. The van der Waals surface area contributed by atoms with Crippen molar-refractivity contribution >= 4 is 5.91 Å². The maximum atomic E-state index is 12.3. The average molecular weight is 313 g/mol. The molecular formula is C17H23N5O. The number of aromatic nitrogens is 2. The van der Waals surface area contributed by atoms with E-state index in [-0.39, 0.29) is 5.91 Å². The Labute approximate surface area is 136 Å². The highest BCUT2D eigenvalue weighted by atomic mass is 16.2. The van der Waals surface area contributed by atoms with Crippen LogP contribution in [0.15, 0.2) is 43.0 Å². The Morgan fingerprint density at radius 1 is 1.26 bits per heavy atom. The predicted molar refractivity (Wildman–Crippen MR) is 89.3 cm³/mol. The number of rotatable bonds is 5. The molecule has 6 heteroatoms. The zero-order chi connectivity index (χ0) is 16.1. The fraction of sp³-hybridized carbons (Fsp3) is 0.412. The Bertz CT molecular complexity index is 617. The van der Waals surface area contributed by atoms with E-state index in [1.807, 2.05) is 22.7 Å². The summed E-state index contributed by atoms with van der Waals surface area (Å²) < 4.78 is 1.97. The van der Waals surface area contributed by atoms with Crippen LogP contribution < -0.4 is 5.32 Å². The van der Waals surface area contributed by atoms with Gasteiger partial charge >= 0.3 is 0 Å². The van der Waals surface area contributed by atoms with Gasteiger partial charge < -0.3 is 14.8 Å². The molecule has 6 nitrogen and oxygen atoms in total. The number of imidazole rings is 1. The molecule has 0 radical (unpaired) electrons. The van der Waals surface area contributed by atoms with E-state index in [0.717, 1.165) is 38.4 Å². The van der Waals surface area contributed by atoms with Crippen molar-refractivity contribution in [3.8, 4) is 5.69 Å². The normalized spacial score (nSPS) is 15.1. The fourth-order valence-electron chi connectivity index (χ4n) is 2.80. The maximum Gasteiger partial charge on any atom is 0.236 e. The molecule has 122 valence electrons. The molecule has 0 bridgehead atoms. The van der Waals surface area contributed by atoms with Gasteiger partial charge in [-0.25, -0.2) is 4.98 Å². The fourth-order valence-corrected chi connectivity index (χ4v) is 2.80. The zero-order valence-electron chi connectivity index (χ0n) is 13.5. The van der Waals surface area contributed by atoms with Gasteiger partial charge in [0.2, 0.25) is 5.91 Å². The standard InChI is InChI=1S/C17H23N5O/c1-20(13-17(23)21-9-6-18-7-10-21)12-15-2-4-16(5-3-15)22-11-8-19-14-22/h2-5,8,11,14,18H,6-7,9-10,12-13H2,1H3. The van der Waals surface area contributed by atoms with Gasteiger partial charge in [0.15, 0.2) is 0 Å². The lowest BCUT2D eigenvalue weighted by Gasteiger charge is -2.29. The van der Waals surface area contributed by atoms with E-state index in [0.29, 0.717) is 6.54 Å². The molecule has 1 aromatic heterocycles. The summed E-state index contributed by atoms with van der Waals surface area (Å²) >= 11 is 0. The lowest BCUT2D eigenvalue weighted by atomic mass is 10.2. The molecule has 0 aliphatic carbocycles. The zero-order valence-corrected chi connectivity index (χ0v) is 13.5. The van der Waals surface area contributed by atoms with Crippen molar-refractivity contribution in [3.05, 3.63) is 48.5 Å². The van der Waals surface area contributed by atoms with Gasteiger partial charge in [0.25, 0.3) is 0 Å². The third-order valence-corrected chi connectivity index (χ3v) is 4.07. The number of likely N-dealkylation sites (N-methyl/N-ethyl adjacent to an activating group) is 1. The molecule has 1 aliphatic rings. The Kier molecular flexibility index (Phi) is 5.05. The smallest absolute Gasteiger partial charge is 0.236 e. The van der Waals surface area contributed by atoms with Gasteiger partial charge in [-0.3, -0.25) is 9.69 Å². The molecule has 0 spiro atoms. The van der Waals surface area contributed by atoms with E-state index in [1.165, 1.54) is 5.56 Å². The average Bonchev–Trinajstić information content (AvgIpc) is 3.11. The van der Waals surface area contributed by atoms with Gasteiger partial charge in [0.1, 0.15) is 0 Å². The van der Waals surface area contributed by atoms with Crippen molar-refractivity contribution in [1.29, 1.82) is 0 Å². The summed E-state index contributed by atoms with van der Waals surface area (Å²) in [5, 5.41) is 3.27. The quantitative estimate of drug-likeness (QED) is 0.884. The molecule has 2 heterocycles. The first-order valence-electron chi connectivity index (χ1n) is 7.97. The summed E-state index contributed by atoms with van der Waals surface area (Å²) in [4.78, 5) is 20.3. The summed E-state index contributed by atoms with van der Waals surface area (Å²) in [5.41, 5.74) is 2.29. The van der Waals surface area contributed by atoms with Crippen molar-refractivity contribution < 1.29 is 4.79 Å². The predicted octanol–water partition coefficient (Wildman–Crippen LogP) is 0.736. The van der Waals surface area contributed by atoms with Gasteiger partial charge in [0, 0.05) is 50.8 Å². The van der Waals surface area contributed by atoms with Crippen molar-refractivity contribution in [2.24, 2.45) is 0 Å². The Morgan fingerprint density at radius 3 is 2.65 bits per heavy atom. The highest BCUT2D eigenvalue weighted by Gasteiger charge is 2.17. The van der Waals surface area contributed by atoms with Gasteiger partial charge in [0.05, 0.1) is 12.9 Å². The first-order valence-corrected chi connectivity index (χ1v) is 7.97. The first-order chi connectivity index (χ1) is 11.2. The van der Waals surface area contributed by atoms with Gasteiger partial charge in [-0.15, -0.1) is 0 Å². The number of carbonyl (C=O) groups is 1. The van der Waals surface area contributed by atoms with Crippen LogP contribution in [0.3, 0.4) is 0 Å². The van der Waals surface area contributed by atoms with Crippen LogP contribution >= 0.6 is 0 Å². The molecule has 2 aromatic rings. The first kappa shape index (κ1) is 15.7. The molecule has 1 saturated heterocycles. The summed E-state index contributed by atoms with van der Waals surface area (Å²) in [6, 6.07) is 8.34. The van der Waals surface area contributed by atoms with E-state index >= 15 is 0 Å². The third kappa shape index (κ3) is 4.18. The lowest BCUT2D eigenvalue weighted by Crippen LogP contribution is -2.49. The summed E-state index contributed by atoms with van der Waals surface area (Å²) in [7, 11) is 1.99. The maximum absolute atomic E-state index is 12.3. The molecular weight excluding hydrogens is 290 g/mol. The summed E-state index contributed by atoms with van der Waals surface area (Å²) in [5.74, 6) is 0.212. The van der Waals surface area contributed by atoms with Crippen molar-refractivity contribution in [2.75, 3.05) is 39.8 Å². The van der Waals surface area contributed by atoms with Crippen LogP contribution in [0, 0.1) is 0 Å². The van der Waals surface area contributed by atoms with Crippen LogP contribution in [0.2, 0.25) is 0 Å². The monoisotopic (exact) mass is 313 g/mol. The second-order valence-corrected chi connectivity index (χ2v) is 5.94. The van der Waals surface area contributed by atoms with Crippen molar-refractivity contribution in [1.82, 2.24) is 24.7 Å². The summed E-state index contributed by atoms with van der Waals surface area (Å²) in [6.07, 6.45) is 5.48. The van der Waals surface area contributed by atoms with Crippen molar-refractivity contribution in [2.45, 2.75) is 6.54 Å². The Morgan fingerprint density at radius 2 is 2.00 bits per heavy atom. The molecule has 1 aromatic carbocycles. The topological polar surface area (TPSA) is 53.4 Å². The second-order valence-electron chi connectivity index (χ2n) is 5.94. The number of nitrogens with one attached hydrogen (secondary N) is 1.